The van der Waals surface area contributed by atoms with Crippen molar-refractivity contribution in [1.29, 1.82) is 0 Å². The fourth-order valence-corrected chi connectivity index (χ4v) is 3.26. The summed E-state index contributed by atoms with van der Waals surface area (Å²) in [6, 6.07) is 12.4. The van der Waals surface area contributed by atoms with E-state index in [4.69, 9.17) is 16.3 Å². The number of esters is 1. The van der Waals surface area contributed by atoms with Gasteiger partial charge in [-0.25, -0.2) is 9.18 Å². The summed E-state index contributed by atoms with van der Waals surface area (Å²) in [5, 5.41) is 0.935. The van der Waals surface area contributed by atoms with Crippen LogP contribution in [0.4, 0.5) is 4.39 Å². The first-order valence-corrected chi connectivity index (χ1v) is 7.88. The van der Waals surface area contributed by atoms with Crippen molar-refractivity contribution < 1.29 is 18.7 Å². The molecule has 0 aliphatic rings. The van der Waals surface area contributed by atoms with E-state index in [0.717, 1.165) is 4.70 Å². The normalized spacial score (nSPS) is 10.7. The van der Waals surface area contributed by atoms with Gasteiger partial charge < -0.3 is 4.74 Å². The van der Waals surface area contributed by atoms with E-state index < -0.39 is 12.6 Å². The van der Waals surface area contributed by atoms with Gasteiger partial charge in [0.25, 0.3) is 0 Å². The maximum Gasteiger partial charge on any atom is 0.348 e. The third kappa shape index (κ3) is 3.41. The zero-order valence-corrected chi connectivity index (χ0v) is 13.3. The van der Waals surface area contributed by atoms with Crippen LogP contribution in [0.2, 0.25) is 5.02 Å². The Kier molecular flexibility index (Phi) is 4.41. The third-order valence-electron chi connectivity index (χ3n) is 3.19. The van der Waals surface area contributed by atoms with Crippen molar-refractivity contribution in [2.45, 2.75) is 0 Å². The molecule has 6 heteroatoms. The Morgan fingerprint density at radius 1 is 1.13 bits per heavy atom. The highest BCUT2D eigenvalue weighted by molar-refractivity contribution is 7.20. The van der Waals surface area contributed by atoms with Crippen LogP contribution in [0.1, 0.15) is 20.0 Å². The van der Waals surface area contributed by atoms with Crippen molar-refractivity contribution >= 4 is 44.8 Å². The van der Waals surface area contributed by atoms with Crippen molar-refractivity contribution in [3.63, 3.8) is 0 Å². The molecule has 3 aromatic rings. The van der Waals surface area contributed by atoms with Crippen LogP contribution in [0.3, 0.4) is 0 Å². The van der Waals surface area contributed by atoms with Gasteiger partial charge in [0.2, 0.25) is 5.78 Å². The van der Waals surface area contributed by atoms with E-state index in [-0.39, 0.29) is 11.6 Å². The van der Waals surface area contributed by atoms with Crippen LogP contribution in [-0.2, 0) is 4.74 Å². The largest absolute Gasteiger partial charge is 0.453 e. The highest BCUT2D eigenvalue weighted by atomic mass is 35.5. The Morgan fingerprint density at radius 3 is 2.70 bits per heavy atom. The van der Waals surface area contributed by atoms with E-state index in [1.165, 1.54) is 23.5 Å². The molecule has 116 valence electrons. The summed E-state index contributed by atoms with van der Waals surface area (Å²) in [5.74, 6) is -1.37. The minimum Gasteiger partial charge on any atom is -0.453 e. The zero-order chi connectivity index (χ0) is 16.4. The van der Waals surface area contributed by atoms with Crippen LogP contribution in [-0.4, -0.2) is 18.4 Å². The van der Waals surface area contributed by atoms with E-state index in [1.807, 2.05) is 0 Å². The number of carbonyl (C=O) groups is 2. The molecule has 0 aliphatic heterocycles. The number of Topliss-reactive ketones (excluding diaryl/α,β-unsaturated/α-hetero) is 1. The number of hydrogen-bond donors (Lipinski definition) is 0. The second kappa shape index (κ2) is 6.48. The summed E-state index contributed by atoms with van der Waals surface area (Å²) in [6.07, 6.45) is 0. The van der Waals surface area contributed by atoms with Gasteiger partial charge >= 0.3 is 5.97 Å². The lowest BCUT2D eigenvalue weighted by Crippen LogP contribution is -2.13. The molecule has 3 rings (SSSR count). The molecule has 0 unspecified atom stereocenters. The smallest absolute Gasteiger partial charge is 0.348 e. The fraction of sp³-hybridized carbons (Fsp3) is 0.0588. The summed E-state index contributed by atoms with van der Waals surface area (Å²) in [6.45, 7) is -0.398. The molecule has 0 atom stereocenters. The molecule has 0 radical (unpaired) electrons. The quantitative estimate of drug-likeness (QED) is 0.505. The molecular formula is C17H10ClFO3S. The molecular weight excluding hydrogens is 339 g/mol. The van der Waals surface area contributed by atoms with E-state index in [0.29, 0.717) is 20.8 Å². The molecule has 0 fully saturated rings. The first-order valence-electron chi connectivity index (χ1n) is 6.68. The monoisotopic (exact) mass is 348 g/mol. The summed E-state index contributed by atoms with van der Waals surface area (Å²) in [7, 11) is 0. The number of ketones is 1. The first-order chi connectivity index (χ1) is 11.0. The number of halogens is 2. The number of fused-ring (bicyclic) bond motifs is 1. The van der Waals surface area contributed by atoms with Crippen molar-refractivity contribution in [2.24, 2.45) is 0 Å². The lowest BCUT2D eigenvalue weighted by atomic mass is 10.1. The van der Waals surface area contributed by atoms with Crippen molar-refractivity contribution in [3.8, 4) is 0 Å². The maximum absolute atomic E-state index is 13.2. The average Bonchev–Trinajstić information content (AvgIpc) is 2.95. The molecule has 0 amide bonds. The van der Waals surface area contributed by atoms with Crippen molar-refractivity contribution in [1.82, 2.24) is 0 Å². The van der Waals surface area contributed by atoms with Crippen molar-refractivity contribution in [3.05, 3.63) is 69.8 Å². The van der Waals surface area contributed by atoms with Crippen LogP contribution in [0.25, 0.3) is 10.1 Å². The minimum absolute atomic E-state index is 0.306. The molecule has 0 aliphatic carbocycles. The molecule has 3 nitrogen and oxygen atoms in total. The van der Waals surface area contributed by atoms with Crippen LogP contribution in [0.5, 0.6) is 0 Å². The van der Waals surface area contributed by atoms with Crippen LogP contribution >= 0.6 is 22.9 Å². The molecule has 0 spiro atoms. The zero-order valence-electron chi connectivity index (χ0n) is 11.7. The predicted molar refractivity (Wildman–Crippen MR) is 87.8 cm³/mol. The number of hydrogen-bond acceptors (Lipinski definition) is 4. The van der Waals surface area contributed by atoms with Crippen molar-refractivity contribution in [2.75, 3.05) is 6.61 Å². The number of rotatable bonds is 4. The highest BCUT2D eigenvalue weighted by Gasteiger charge is 2.16. The third-order valence-corrected chi connectivity index (χ3v) is 4.61. The Labute approximate surface area is 140 Å². The first kappa shape index (κ1) is 15.6. The van der Waals surface area contributed by atoms with Crippen LogP contribution in [0, 0.1) is 5.82 Å². The Balaban J connectivity index is 1.71. The lowest BCUT2D eigenvalue weighted by molar-refractivity contribution is 0.0479. The van der Waals surface area contributed by atoms with Gasteiger partial charge in [-0.1, -0.05) is 23.7 Å². The van der Waals surface area contributed by atoms with Crippen LogP contribution in [0.15, 0.2) is 48.5 Å². The van der Waals surface area contributed by atoms with E-state index in [1.54, 1.807) is 36.4 Å². The molecule has 2 aromatic carbocycles. The second-order valence-corrected chi connectivity index (χ2v) is 6.26. The minimum atomic E-state index is -0.619. The number of thiophene rings is 1. The summed E-state index contributed by atoms with van der Waals surface area (Å²) in [5.41, 5.74) is 0.306. The fourth-order valence-electron chi connectivity index (χ4n) is 2.08. The molecule has 23 heavy (non-hydrogen) atoms. The highest BCUT2D eigenvalue weighted by Crippen LogP contribution is 2.27. The van der Waals surface area contributed by atoms with Gasteiger partial charge in [-0.3, -0.25) is 4.79 Å². The standard InChI is InChI=1S/C17H10ClFO3S/c18-13-4-2-1-3-12(13)14(20)9-22-17(21)16-8-10-7-11(19)5-6-15(10)23-16/h1-8H,9H2. The Morgan fingerprint density at radius 2 is 1.91 bits per heavy atom. The van der Waals surface area contributed by atoms with Gasteiger partial charge in [-0.05, 0) is 41.8 Å². The maximum atomic E-state index is 13.2. The molecule has 0 saturated heterocycles. The Hall–Kier alpha value is -2.24. The van der Waals surface area contributed by atoms with Gasteiger partial charge in [0.15, 0.2) is 6.61 Å². The van der Waals surface area contributed by atoms with E-state index in [2.05, 4.69) is 0 Å². The second-order valence-electron chi connectivity index (χ2n) is 4.77. The topological polar surface area (TPSA) is 43.4 Å². The molecule has 0 saturated carbocycles. The van der Waals surface area contributed by atoms with Gasteiger partial charge in [-0.15, -0.1) is 11.3 Å². The SMILES string of the molecule is O=C(OCC(=O)c1ccccc1Cl)c1cc2cc(F)ccc2s1. The van der Waals surface area contributed by atoms with E-state index >= 15 is 0 Å². The molecule has 1 heterocycles. The summed E-state index contributed by atoms with van der Waals surface area (Å²) in [4.78, 5) is 24.4. The van der Waals surface area contributed by atoms with Gasteiger partial charge in [-0.2, -0.15) is 0 Å². The molecule has 1 aromatic heterocycles. The van der Waals surface area contributed by atoms with Gasteiger partial charge in [0.1, 0.15) is 10.7 Å². The van der Waals surface area contributed by atoms with E-state index in [9.17, 15) is 14.0 Å². The molecule has 0 bridgehead atoms. The summed E-state index contributed by atoms with van der Waals surface area (Å²) >= 11 is 7.11. The number of benzene rings is 2. The lowest BCUT2D eigenvalue weighted by Gasteiger charge is -2.04. The van der Waals surface area contributed by atoms with Gasteiger partial charge in [0.05, 0.1) is 5.02 Å². The van der Waals surface area contributed by atoms with Gasteiger partial charge in [0, 0.05) is 10.3 Å². The average molecular weight is 349 g/mol. The number of carbonyl (C=O) groups excluding carboxylic acids is 2. The number of ether oxygens (including phenoxy) is 1. The summed E-state index contributed by atoms with van der Waals surface area (Å²) < 4.78 is 19.0. The Bertz CT molecular complexity index is 904. The van der Waals surface area contributed by atoms with Crippen LogP contribution < -0.4 is 0 Å². The molecule has 0 N–H and O–H groups in total. The predicted octanol–water partition coefficient (Wildman–Crippen LogP) is 4.73.